The van der Waals surface area contributed by atoms with E-state index in [1.165, 1.54) is 0 Å². The van der Waals surface area contributed by atoms with Gasteiger partial charge in [0.2, 0.25) is 0 Å². The summed E-state index contributed by atoms with van der Waals surface area (Å²) in [4.78, 5) is 0. The Labute approximate surface area is 67.3 Å². The first-order chi connectivity index (χ1) is 5.20. The fourth-order valence-corrected chi connectivity index (χ4v) is 1.65. The van der Waals surface area contributed by atoms with E-state index in [0.717, 1.165) is 6.42 Å². The molecular weight excluding hydrogens is 144 g/mol. The van der Waals surface area contributed by atoms with Crippen LogP contribution in [0.1, 0.15) is 20.3 Å². The molecule has 1 saturated heterocycles. The van der Waals surface area contributed by atoms with E-state index in [1.807, 2.05) is 13.8 Å². The number of ether oxygens (including phenoxy) is 2. The van der Waals surface area contributed by atoms with Gasteiger partial charge in [-0.2, -0.15) is 0 Å². The standard InChI is InChI=1S/C8H16O3/c1-4-6-5(2)7(10-3)8(9)11-6/h5-9H,4H2,1-3H3/t5-,6-,7-,8?/m1/s1. The van der Waals surface area contributed by atoms with Gasteiger partial charge < -0.3 is 14.6 Å². The lowest BCUT2D eigenvalue weighted by molar-refractivity contribution is -0.134. The summed E-state index contributed by atoms with van der Waals surface area (Å²) >= 11 is 0. The highest BCUT2D eigenvalue weighted by Gasteiger charge is 2.39. The molecule has 1 N–H and O–H groups in total. The largest absolute Gasteiger partial charge is 0.376 e. The van der Waals surface area contributed by atoms with Gasteiger partial charge in [-0.25, -0.2) is 0 Å². The summed E-state index contributed by atoms with van der Waals surface area (Å²) < 4.78 is 10.3. The van der Waals surface area contributed by atoms with E-state index in [-0.39, 0.29) is 12.2 Å². The van der Waals surface area contributed by atoms with Crippen LogP contribution in [-0.2, 0) is 9.47 Å². The Bertz CT molecular complexity index is 127. The van der Waals surface area contributed by atoms with Crippen LogP contribution in [0.25, 0.3) is 0 Å². The lowest BCUT2D eigenvalue weighted by atomic mass is 9.99. The number of aliphatic hydroxyl groups is 1. The van der Waals surface area contributed by atoms with Crippen molar-refractivity contribution in [3.63, 3.8) is 0 Å². The van der Waals surface area contributed by atoms with Gasteiger partial charge in [0, 0.05) is 13.0 Å². The monoisotopic (exact) mass is 160 g/mol. The van der Waals surface area contributed by atoms with Crippen LogP contribution in [0.15, 0.2) is 0 Å². The average molecular weight is 160 g/mol. The maximum absolute atomic E-state index is 9.31. The molecule has 3 nitrogen and oxygen atoms in total. The van der Waals surface area contributed by atoms with Crippen molar-refractivity contribution in [3.05, 3.63) is 0 Å². The molecular formula is C8H16O3. The van der Waals surface area contributed by atoms with Crippen molar-refractivity contribution in [1.82, 2.24) is 0 Å². The molecule has 0 aromatic carbocycles. The molecule has 1 fully saturated rings. The molecule has 0 saturated carbocycles. The fraction of sp³-hybridized carbons (Fsp3) is 1.00. The summed E-state index contributed by atoms with van der Waals surface area (Å²) in [5.74, 6) is 0.292. The normalized spacial score (nSPS) is 44.7. The third kappa shape index (κ3) is 1.55. The minimum absolute atomic E-state index is 0.148. The van der Waals surface area contributed by atoms with Crippen LogP contribution >= 0.6 is 0 Å². The summed E-state index contributed by atoms with van der Waals surface area (Å²) in [5, 5.41) is 9.31. The van der Waals surface area contributed by atoms with Gasteiger partial charge in [0.05, 0.1) is 6.10 Å². The molecule has 1 aliphatic heterocycles. The first-order valence-corrected chi connectivity index (χ1v) is 4.07. The van der Waals surface area contributed by atoms with Crippen molar-refractivity contribution >= 4 is 0 Å². The lowest BCUT2D eigenvalue weighted by Crippen LogP contribution is -2.27. The number of rotatable bonds is 2. The third-order valence-corrected chi connectivity index (χ3v) is 2.37. The fourth-order valence-electron chi connectivity index (χ4n) is 1.65. The number of aliphatic hydroxyl groups excluding tert-OH is 1. The molecule has 0 radical (unpaired) electrons. The maximum atomic E-state index is 9.31. The Hall–Kier alpha value is -0.120. The quantitative estimate of drug-likeness (QED) is 0.648. The lowest BCUT2D eigenvalue weighted by Gasteiger charge is -2.15. The Morgan fingerprint density at radius 1 is 1.55 bits per heavy atom. The van der Waals surface area contributed by atoms with Crippen molar-refractivity contribution in [2.45, 2.75) is 38.8 Å². The second kappa shape index (κ2) is 3.52. The van der Waals surface area contributed by atoms with Crippen LogP contribution in [0, 0.1) is 5.92 Å². The van der Waals surface area contributed by atoms with E-state index in [9.17, 15) is 5.11 Å². The SMILES string of the molecule is CC[C@H]1OC(O)[C@H](OC)[C@@H]1C. The second-order valence-electron chi connectivity index (χ2n) is 3.03. The highest BCUT2D eigenvalue weighted by atomic mass is 16.6. The van der Waals surface area contributed by atoms with E-state index >= 15 is 0 Å². The van der Waals surface area contributed by atoms with Gasteiger partial charge >= 0.3 is 0 Å². The second-order valence-corrected chi connectivity index (χ2v) is 3.03. The van der Waals surface area contributed by atoms with Crippen LogP contribution in [0.5, 0.6) is 0 Å². The topological polar surface area (TPSA) is 38.7 Å². The molecule has 1 rings (SSSR count). The van der Waals surface area contributed by atoms with Crippen molar-refractivity contribution in [2.24, 2.45) is 5.92 Å². The Morgan fingerprint density at radius 3 is 2.45 bits per heavy atom. The smallest absolute Gasteiger partial charge is 0.181 e. The van der Waals surface area contributed by atoms with Gasteiger partial charge in [0.15, 0.2) is 6.29 Å². The molecule has 4 atom stereocenters. The Kier molecular flexibility index (Phi) is 2.87. The molecule has 1 aliphatic rings. The van der Waals surface area contributed by atoms with E-state index in [4.69, 9.17) is 9.47 Å². The minimum Gasteiger partial charge on any atom is -0.376 e. The summed E-state index contributed by atoms with van der Waals surface area (Å²) in [6.07, 6.45) is 0.188. The van der Waals surface area contributed by atoms with Gasteiger partial charge in [-0.3, -0.25) is 0 Å². The molecule has 3 heteroatoms. The van der Waals surface area contributed by atoms with Crippen molar-refractivity contribution in [1.29, 1.82) is 0 Å². The van der Waals surface area contributed by atoms with Crippen molar-refractivity contribution < 1.29 is 14.6 Å². The Balaban J connectivity index is 2.55. The predicted octanol–water partition coefficient (Wildman–Crippen LogP) is 0.765. The van der Waals surface area contributed by atoms with Gasteiger partial charge in [0.25, 0.3) is 0 Å². The number of methoxy groups -OCH3 is 1. The molecule has 0 bridgehead atoms. The van der Waals surface area contributed by atoms with Gasteiger partial charge in [0.1, 0.15) is 6.10 Å². The summed E-state index contributed by atoms with van der Waals surface area (Å²) in [5.41, 5.74) is 0. The summed E-state index contributed by atoms with van der Waals surface area (Å²) in [6, 6.07) is 0. The van der Waals surface area contributed by atoms with Crippen LogP contribution in [0.3, 0.4) is 0 Å². The van der Waals surface area contributed by atoms with Crippen LogP contribution in [-0.4, -0.2) is 30.7 Å². The molecule has 1 unspecified atom stereocenters. The maximum Gasteiger partial charge on any atom is 0.181 e. The van der Waals surface area contributed by atoms with Crippen molar-refractivity contribution in [3.8, 4) is 0 Å². The molecule has 66 valence electrons. The third-order valence-electron chi connectivity index (χ3n) is 2.37. The first kappa shape index (κ1) is 8.97. The van der Waals surface area contributed by atoms with Crippen LogP contribution < -0.4 is 0 Å². The minimum atomic E-state index is -0.736. The van der Waals surface area contributed by atoms with Gasteiger partial charge in [-0.05, 0) is 6.42 Å². The zero-order valence-electron chi connectivity index (χ0n) is 7.28. The molecule has 0 spiro atoms. The van der Waals surface area contributed by atoms with E-state index in [1.54, 1.807) is 7.11 Å². The van der Waals surface area contributed by atoms with E-state index in [0.29, 0.717) is 5.92 Å². The molecule has 0 amide bonds. The highest BCUT2D eigenvalue weighted by Crippen LogP contribution is 2.28. The van der Waals surface area contributed by atoms with Gasteiger partial charge in [-0.15, -0.1) is 0 Å². The van der Waals surface area contributed by atoms with Crippen LogP contribution in [0.2, 0.25) is 0 Å². The molecule has 11 heavy (non-hydrogen) atoms. The molecule has 0 aliphatic carbocycles. The molecule has 0 aromatic heterocycles. The number of hydrogen-bond donors (Lipinski definition) is 1. The summed E-state index contributed by atoms with van der Waals surface area (Å²) in [7, 11) is 1.60. The van der Waals surface area contributed by atoms with Crippen LogP contribution in [0.4, 0.5) is 0 Å². The Morgan fingerprint density at radius 2 is 2.18 bits per heavy atom. The van der Waals surface area contributed by atoms with Crippen molar-refractivity contribution in [2.75, 3.05) is 7.11 Å². The zero-order valence-corrected chi connectivity index (χ0v) is 7.28. The summed E-state index contributed by atoms with van der Waals surface area (Å²) in [6.45, 7) is 4.09. The highest BCUT2D eigenvalue weighted by molar-refractivity contribution is 4.82. The van der Waals surface area contributed by atoms with E-state index in [2.05, 4.69) is 0 Å². The first-order valence-electron chi connectivity index (χ1n) is 4.07. The zero-order chi connectivity index (χ0) is 8.43. The number of hydrogen-bond acceptors (Lipinski definition) is 3. The molecule has 1 heterocycles. The predicted molar refractivity (Wildman–Crippen MR) is 41.1 cm³/mol. The van der Waals surface area contributed by atoms with E-state index < -0.39 is 6.29 Å². The molecule has 0 aromatic rings. The average Bonchev–Trinajstić information content (AvgIpc) is 2.26. The van der Waals surface area contributed by atoms with Gasteiger partial charge in [-0.1, -0.05) is 13.8 Å².